The lowest BCUT2D eigenvalue weighted by atomic mass is 10.0. The molecule has 0 radical (unpaired) electrons. The molecule has 158 valence electrons. The van der Waals surface area contributed by atoms with Gasteiger partial charge in [0.1, 0.15) is 11.9 Å². The van der Waals surface area contributed by atoms with E-state index in [2.05, 4.69) is 10.0 Å². The van der Waals surface area contributed by atoms with Crippen molar-refractivity contribution < 1.29 is 17.6 Å². The summed E-state index contributed by atoms with van der Waals surface area (Å²) in [6, 6.07) is 8.24. The van der Waals surface area contributed by atoms with E-state index in [-0.39, 0.29) is 11.4 Å². The van der Waals surface area contributed by atoms with Gasteiger partial charge in [-0.05, 0) is 47.5 Å². The highest BCUT2D eigenvalue weighted by molar-refractivity contribution is 7.87. The predicted octanol–water partition coefficient (Wildman–Crippen LogP) is 4.49. The number of benzene rings is 1. The summed E-state index contributed by atoms with van der Waals surface area (Å²) < 4.78 is 42.3. The maximum atomic E-state index is 13.4. The molecule has 2 aromatic heterocycles. The van der Waals surface area contributed by atoms with Crippen LogP contribution in [0.15, 0.2) is 47.2 Å². The fourth-order valence-electron chi connectivity index (χ4n) is 3.20. The monoisotopic (exact) mass is 485 g/mol. The number of hydrogen-bond donors (Lipinski definition) is 2. The van der Waals surface area contributed by atoms with E-state index in [0.717, 1.165) is 25.7 Å². The quantitative estimate of drug-likeness (QED) is 0.571. The SMILES string of the molecule is CN1[C@H](C(=O)Nc2ccc(F)c(Cl)c2)CC(c2cc(-c3cccs3)cs2)NS1(=O)=O. The summed E-state index contributed by atoms with van der Waals surface area (Å²) in [5, 5.41) is 6.46. The lowest BCUT2D eigenvalue weighted by Crippen LogP contribution is -2.55. The third kappa shape index (κ3) is 4.29. The Bertz CT molecular complexity index is 1180. The zero-order chi connectivity index (χ0) is 21.5. The molecule has 1 saturated heterocycles. The van der Waals surface area contributed by atoms with Crippen molar-refractivity contribution in [2.45, 2.75) is 18.5 Å². The van der Waals surface area contributed by atoms with Gasteiger partial charge in [-0.3, -0.25) is 4.79 Å². The van der Waals surface area contributed by atoms with Gasteiger partial charge in [0.2, 0.25) is 5.91 Å². The zero-order valence-electron chi connectivity index (χ0n) is 15.6. The Balaban J connectivity index is 1.57. The van der Waals surface area contributed by atoms with Crippen LogP contribution in [0.3, 0.4) is 0 Å². The smallest absolute Gasteiger partial charge is 0.280 e. The average molecular weight is 486 g/mol. The minimum absolute atomic E-state index is 0.128. The first-order valence-corrected chi connectivity index (χ1v) is 12.5. The van der Waals surface area contributed by atoms with Gasteiger partial charge in [-0.2, -0.15) is 17.4 Å². The van der Waals surface area contributed by atoms with Crippen LogP contribution in [0.4, 0.5) is 10.1 Å². The van der Waals surface area contributed by atoms with E-state index < -0.39 is 34.0 Å². The van der Waals surface area contributed by atoms with Crippen molar-refractivity contribution in [3.05, 3.63) is 62.9 Å². The molecule has 2 atom stereocenters. The van der Waals surface area contributed by atoms with Crippen LogP contribution in [-0.2, 0) is 15.0 Å². The van der Waals surface area contributed by atoms with E-state index in [0.29, 0.717) is 5.69 Å². The molecule has 1 aliphatic rings. The number of nitrogens with zero attached hydrogens (tertiary/aromatic N) is 1. The van der Waals surface area contributed by atoms with E-state index >= 15 is 0 Å². The molecule has 4 rings (SSSR count). The van der Waals surface area contributed by atoms with Crippen molar-refractivity contribution in [1.29, 1.82) is 0 Å². The Hall–Kier alpha value is -1.82. The third-order valence-electron chi connectivity index (χ3n) is 4.83. The first-order valence-electron chi connectivity index (χ1n) is 8.88. The van der Waals surface area contributed by atoms with E-state index in [1.54, 1.807) is 11.3 Å². The third-order valence-corrected chi connectivity index (χ3v) is 8.68. The Morgan fingerprint density at radius 2 is 2.10 bits per heavy atom. The largest absolute Gasteiger partial charge is 0.325 e. The first-order chi connectivity index (χ1) is 14.2. The van der Waals surface area contributed by atoms with Crippen LogP contribution in [0.1, 0.15) is 17.3 Å². The number of nitrogens with one attached hydrogen (secondary N) is 2. The van der Waals surface area contributed by atoms with Crippen molar-refractivity contribution >= 4 is 56.1 Å². The molecule has 0 bridgehead atoms. The molecular weight excluding hydrogens is 469 g/mol. The minimum Gasteiger partial charge on any atom is -0.325 e. The van der Waals surface area contributed by atoms with Crippen molar-refractivity contribution in [3.63, 3.8) is 0 Å². The van der Waals surface area contributed by atoms with Crippen LogP contribution in [0.5, 0.6) is 0 Å². The fraction of sp³-hybridized carbons (Fsp3) is 0.211. The number of rotatable bonds is 4. The van der Waals surface area contributed by atoms with Crippen LogP contribution in [0.25, 0.3) is 10.4 Å². The summed E-state index contributed by atoms with van der Waals surface area (Å²) in [5.74, 6) is -1.11. The van der Waals surface area contributed by atoms with E-state index in [9.17, 15) is 17.6 Å². The zero-order valence-corrected chi connectivity index (χ0v) is 18.8. The molecule has 3 aromatic rings. The Kier molecular flexibility index (Phi) is 5.97. The Morgan fingerprint density at radius 3 is 2.80 bits per heavy atom. The second kappa shape index (κ2) is 8.37. The predicted molar refractivity (Wildman–Crippen MR) is 119 cm³/mol. The standard InChI is InChI=1S/C19H17ClFN3O3S3/c1-24-16(19(25)22-12-4-5-14(21)13(20)8-12)9-15(23-30(24,26)27)18-7-11(10-29-18)17-3-2-6-28-17/h2-8,10,15-16,23H,9H2,1H3,(H,22,25)/t15?,16-/m0/s1. The molecule has 1 amide bonds. The number of amides is 1. The minimum atomic E-state index is -3.86. The number of likely N-dealkylation sites (N-methyl/N-ethyl adjacent to an activating group) is 1. The summed E-state index contributed by atoms with van der Waals surface area (Å²) in [4.78, 5) is 14.8. The molecule has 1 fully saturated rings. The van der Waals surface area contributed by atoms with Gasteiger partial charge in [0.15, 0.2) is 0 Å². The summed E-state index contributed by atoms with van der Waals surface area (Å²) >= 11 is 8.82. The summed E-state index contributed by atoms with van der Waals surface area (Å²) in [6.07, 6.45) is 0.251. The topological polar surface area (TPSA) is 78.5 Å². The average Bonchev–Trinajstić information content (AvgIpc) is 3.38. The number of hydrogen-bond acceptors (Lipinski definition) is 5. The lowest BCUT2D eigenvalue weighted by Gasteiger charge is -2.35. The van der Waals surface area contributed by atoms with Crippen molar-refractivity contribution in [3.8, 4) is 10.4 Å². The first kappa shape index (κ1) is 21.4. The summed E-state index contributed by atoms with van der Waals surface area (Å²) in [7, 11) is -2.51. The summed E-state index contributed by atoms with van der Waals surface area (Å²) in [5.41, 5.74) is 1.31. The van der Waals surface area contributed by atoms with Gasteiger partial charge in [0.05, 0.1) is 11.1 Å². The highest BCUT2D eigenvalue weighted by Crippen LogP contribution is 2.36. The lowest BCUT2D eigenvalue weighted by molar-refractivity contribution is -0.120. The van der Waals surface area contributed by atoms with Crippen molar-refractivity contribution in [2.24, 2.45) is 0 Å². The molecule has 0 aliphatic carbocycles. The summed E-state index contributed by atoms with van der Waals surface area (Å²) in [6.45, 7) is 0. The molecule has 3 heterocycles. The van der Waals surface area contributed by atoms with Crippen LogP contribution in [-0.4, -0.2) is 31.7 Å². The van der Waals surface area contributed by atoms with Crippen molar-refractivity contribution in [1.82, 2.24) is 9.03 Å². The highest BCUT2D eigenvalue weighted by Gasteiger charge is 2.41. The van der Waals surface area contributed by atoms with Crippen LogP contribution < -0.4 is 10.0 Å². The Morgan fingerprint density at radius 1 is 1.30 bits per heavy atom. The van der Waals surface area contributed by atoms with Crippen LogP contribution in [0.2, 0.25) is 5.02 Å². The number of halogens is 2. The van der Waals surface area contributed by atoms with Gasteiger partial charge in [-0.1, -0.05) is 17.7 Å². The van der Waals surface area contributed by atoms with Gasteiger partial charge in [0, 0.05) is 28.1 Å². The molecule has 2 N–H and O–H groups in total. The van der Waals surface area contributed by atoms with Gasteiger partial charge in [-0.25, -0.2) is 4.39 Å². The van der Waals surface area contributed by atoms with Crippen molar-refractivity contribution in [2.75, 3.05) is 12.4 Å². The van der Waals surface area contributed by atoms with E-state index in [1.165, 1.54) is 30.5 Å². The molecule has 1 unspecified atom stereocenters. The number of anilines is 1. The molecule has 0 spiro atoms. The van der Waals surface area contributed by atoms with Crippen LogP contribution >= 0.6 is 34.3 Å². The normalized spacial score (nSPS) is 21.4. The van der Waals surface area contributed by atoms with Gasteiger partial charge in [-0.15, -0.1) is 22.7 Å². The molecule has 11 heteroatoms. The van der Waals surface area contributed by atoms with E-state index in [1.807, 2.05) is 29.0 Å². The number of thiophene rings is 2. The molecule has 1 aliphatic heterocycles. The second-order valence-electron chi connectivity index (χ2n) is 6.78. The van der Waals surface area contributed by atoms with E-state index in [4.69, 9.17) is 11.6 Å². The fourth-order valence-corrected chi connectivity index (χ4v) is 6.49. The molecular formula is C19H17ClFN3O3S3. The van der Waals surface area contributed by atoms with Gasteiger partial charge >= 0.3 is 0 Å². The molecule has 1 aromatic carbocycles. The molecule has 30 heavy (non-hydrogen) atoms. The number of carbonyl (C=O) groups excluding carboxylic acids is 1. The Labute approximate surface area is 186 Å². The molecule has 6 nitrogen and oxygen atoms in total. The maximum Gasteiger partial charge on any atom is 0.280 e. The van der Waals surface area contributed by atoms with Gasteiger partial charge in [0.25, 0.3) is 10.2 Å². The second-order valence-corrected chi connectivity index (χ2v) is 10.8. The highest BCUT2D eigenvalue weighted by atomic mass is 35.5. The van der Waals surface area contributed by atoms with Gasteiger partial charge < -0.3 is 5.32 Å². The van der Waals surface area contributed by atoms with Crippen LogP contribution in [0, 0.1) is 5.82 Å². The maximum absolute atomic E-state index is 13.4. The molecule has 0 saturated carbocycles. The number of carbonyl (C=O) groups is 1.